The molecule has 3 heterocycles. The largest absolute Gasteiger partial charge is 0.352 e. The van der Waals surface area contributed by atoms with Gasteiger partial charge >= 0.3 is 0 Å². The van der Waals surface area contributed by atoms with Gasteiger partial charge in [0.25, 0.3) is 0 Å². The highest BCUT2D eigenvalue weighted by molar-refractivity contribution is 5.76. The predicted octanol–water partition coefficient (Wildman–Crippen LogP) is 0.873. The van der Waals surface area contributed by atoms with Crippen molar-refractivity contribution in [2.75, 3.05) is 68.7 Å². The number of hydrogen-bond acceptors (Lipinski definition) is 5. The van der Waals surface area contributed by atoms with Gasteiger partial charge in [-0.05, 0) is 37.5 Å². The lowest BCUT2D eigenvalue weighted by molar-refractivity contribution is -0.898. The quantitative estimate of drug-likeness (QED) is 0.716. The molecule has 2 saturated heterocycles. The molecule has 1 aromatic carbocycles. The molecule has 166 valence electrons. The van der Waals surface area contributed by atoms with Crippen LogP contribution in [0.25, 0.3) is 0 Å². The second-order valence-electron chi connectivity index (χ2n) is 8.55. The number of amides is 1. The van der Waals surface area contributed by atoms with Crippen molar-refractivity contribution in [1.29, 1.82) is 0 Å². The van der Waals surface area contributed by atoms with Crippen molar-refractivity contribution in [2.45, 2.75) is 26.2 Å². The van der Waals surface area contributed by atoms with Gasteiger partial charge in [-0.15, -0.1) is 10.2 Å². The fourth-order valence-electron chi connectivity index (χ4n) is 4.49. The number of likely N-dealkylation sites (N-methyl/N-ethyl adjacent to an activating group) is 1. The van der Waals surface area contributed by atoms with E-state index in [1.54, 1.807) is 4.90 Å². The van der Waals surface area contributed by atoms with Crippen molar-refractivity contribution < 1.29 is 9.69 Å². The predicted molar refractivity (Wildman–Crippen MR) is 124 cm³/mol. The molecule has 4 rings (SSSR count). The lowest BCUT2D eigenvalue weighted by Gasteiger charge is -2.35. The summed E-state index contributed by atoms with van der Waals surface area (Å²) < 4.78 is 0. The first-order valence-electron chi connectivity index (χ1n) is 11.7. The first-order valence-corrected chi connectivity index (χ1v) is 11.7. The maximum Gasteiger partial charge on any atom is 0.222 e. The Labute approximate surface area is 185 Å². The maximum atomic E-state index is 12.6. The SMILES string of the molecule is CC[NH+]1CCN(c2ccc(N3CCN(C(=O)CCCc4ccccc4)CC3)nn2)CC1. The van der Waals surface area contributed by atoms with E-state index in [0.717, 1.165) is 63.7 Å². The van der Waals surface area contributed by atoms with Crippen LogP contribution in [0.15, 0.2) is 42.5 Å². The topological polar surface area (TPSA) is 57.0 Å². The number of nitrogens with one attached hydrogen (secondary N) is 1. The fourth-order valence-corrected chi connectivity index (χ4v) is 4.49. The van der Waals surface area contributed by atoms with Gasteiger partial charge in [-0.1, -0.05) is 30.3 Å². The third-order valence-electron chi connectivity index (χ3n) is 6.59. The van der Waals surface area contributed by atoms with Crippen LogP contribution >= 0.6 is 0 Å². The number of rotatable bonds is 7. The Hall–Kier alpha value is -2.67. The summed E-state index contributed by atoms with van der Waals surface area (Å²) >= 11 is 0. The minimum atomic E-state index is 0.269. The first kappa shape index (κ1) is 21.6. The summed E-state index contributed by atoms with van der Waals surface area (Å²) in [5, 5.41) is 8.99. The van der Waals surface area contributed by atoms with Crippen molar-refractivity contribution in [3.63, 3.8) is 0 Å². The van der Waals surface area contributed by atoms with Crippen LogP contribution in [-0.2, 0) is 11.2 Å². The zero-order valence-electron chi connectivity index (χ0n) is 18.7. The van der Waals surface area contributed by atoms with Crippen molar-refractivity contribution in [3.8, 4) is 0 Å². The van der Waals surface area contributed by atoms with E-state index < -0.39 is 0 Å². The normalized spacial score (nSPS) is 17.8. The highest BCUT2D eigenvalue weighted by Crippen LogP contribution is 2.17. The van der Waals surface area contributed by atoms with Gasteiger partial charge < -0.3 is 19.6 Å². The Morgan fingerprint density at radius 2 is 1.48 bits per heavy atom. The molecule has 0 radical (unpaired) electrons. The number of carbonyl (C=O) groups excluding carboxylic acids is 1. The lowest BCUT2D eigenvalue weighted by Crippen LogP contribution is -3.14. The zero-order valence-corrected chi connectivity index (χ0v) is 18.7. The number of benzene rings is 1. The van der Waals surface area contributed by atoms with E-state index in [9.17, 15) is 4.79 Å². The Balaban J connectivity index is 1.21. The van der Waals surface area contributed by atoms with E-state index >= 15 is 0 Å². The summed E-state index contributed by atoms with van der Waals surface area (Å²) in [6.07, 6.45) is 2.49. The average Bonchev–Trinajstić information content (AvgIpc) is 2.85. The van der Waals surface area contributed by atoms with Crippen molar-refractivity contribution in [1.82, 2.24) is 15.1 Å². The van der Waals surface area contributed by atoms with Gasteiger partial charge in [-0.2, -0.15) is 0 Å². The van der Waals surface area contributed by atoms with E-state index in [1.165, 1.54) is 25.2 Å². The van der Waals surface area contributed by atoms with Crippen molar-refractivity contribution in [2.24, 2.45) is 0 Å². The van der Waals surface area contributed by atoms with Crippen molar-refractivity contribution >= 4 is 17.5 Å². The molecule has 0 aliphatic carbocycles. The van der Waals surface area contributed by atoms with Gasteiger partial charge in [0, 0.05) is 32.6 Å². The van der Waals surface area contributed by atoms with Crippen LogP contribution in [-0.4, -0.2) is 79.9 Å². The van der Waals surface area contributed by atoms with Crippen LogP contribution in [0.3, 0.4) is 0 Å². The highest BCUT2D eigenvalue weighted by atomic mass is 16.2. The maximum absolute atomic E-state index is 12.6. The summed E-state index contributed by atoms with van der Waals surface area (Å²) in [5.41, 5.74) is 1.30. The van der Waals surface area contributed by atoms with Gasteiger partial charge in [0.2, 0.25) is 5.91 Å². The average molecular weight is 424 g/mol. The molecule has 1 N–H and O–H groups in total. The van der Waals surface area contributed by atoms with E-state index in [0.29, 0.717) is 6.42 Å². The van der Waals surface area contributed by atoms with Crippen LogP contribution < -0.4 is 14.7 Å². The van der Waals surface area contributed by atoms with Crippen LogP contribution in [0.2, 0.25) is 0 Å². The molecule has 2 aliphatic rings. The third kappa shape index (κ3) is 5.73. The molecule has 7 nitrogen and oxygen atoms in total. The lowest BCUT2D eigenvalue weighted by atomic mass is 10.1. The van der Waals surface area contributed by atoms with Gasteiger partial charge in [-0.3, -0.25) is 4.79 Å². The van der Waals surface area contributed by atoms with Gasteiger partial charge in [0.15, 0.2) is 11.6 Å². The summed E-state index contributed by atoms with van der Waals surface area (Å²) in [6, 6.07) is 14.6. The van der Waals surface area contributed by atoms with Gasteiger partial charge in [0.05, 0.1) is 32.7 Å². The zero-order chi connectivity index (χ0) is 21.5. The standard InChI is InChI=1S/C24H34N6O/c1-2-27-13-15-28(16-14-27)22-11-12-23(26-25-22)29-17-19-30(20-18-29)24(31)10-6-9-21-7-4-3-5-8-21/h3-5,7-8,11-12H,2,6,9-10,13-20H2,1H3/p+1. The van der Waals surface area contributed by atoms with Crippen LogP contribution in [0.4, 0.5) is 11.6 Å². The number of anilines is 2. The van der Waals surface area contributed by atoms with Crippen LogP contribution in [0.1, 0.15) is 25.3 Å². The molecule has 7 heteroatoms. The molecular weight excluding hydrogens is 388 g/mol. The molecule has 2 aliphatic heterocycles. The number of carbonyl (C=O) groups is 1. The molecule has 2 aromatic rings. The molecule has 1 amide bonds. The smallest absolute Gasteiger partial charge is 0.222 e. The summed E-state index contributed by atoms with van der Waals surface area (Å²) in [6.45, 7) is 11.0. The fraction of sp³-hybridized carbons (Fsp3) is 0.542. The van der Waals surface area contributed by atoms with Gasteiger partial charge in [-0.25, -0.2) is 0 Å². The summed E-state index contributed by atoms with van der Waals surface area (Å²) in [7, 11) is 0. The second kappa shape index (κ2) is 10.6. The van der Waals surface area contributed by atoms with E-state index in [1.807, 2.05) is 11.0 Å². The van der Waals surface area contributed by atoms with Crippen LogP contribution in [0, 0.1) is 0 Å². The first-order chi connectivity index (χ1) is 15.2. The molecule has 0 atom stereocenters. The Morgan fingerprint density at radius 1 is 0.871 bits per heavy atom. The van der Waals surface area contributed by atoms with Crippen molar-refractivity contribution in [3.05, 3.63) is 48.0 Å². The molecule has 0 unspecified atom stereocenters. The van der Waals surface area contributed by atoms with E-state index in [-0.39, 0.29) is 5.91 Å². The molecule has 0 spiro atoms. The molecular formula is C24H35N6O+. The Kier molecular flexibility index (Phi) is 7.35. The van der Waals surface area contributed by atoms with Crippen LogP contribution in [0.5, 0.6) is 0 Å². The Morgan fingerprint density at radius 3 is 2.06 bits per heavy atom. The number of hydrogen-bond donors (Lipinski definition) is 1. The minimum Gasteiger partial charge on any atom is -0.352 e. The highest BCUT2D eigenvalue weighted by Gasteiger charge is 2.23. The Bertz CT molecular complexity index is 812. The molecule has 1 aromatic heterocycles. The minimum absolute atomic E-state index is 0.269. The van der Waals surface area contributed by atoms with E-state index in [4.69, 9.17) is 0 Å². The molecule has 0 saturated carbocycles. The number of nitrogens with zero attached hydrogens (tertiary/aromatic N) is 5. The molecule has 31 heavy (non-hydrogen) atoms. The summed E-state index contributed by atoms with van der Waals surface area (Å²) in [4.78, 5) is 20.8. The number of quaternary nitrogens is 1. The number of piperazine rings is 2. The molecule has 2 fully saturated rings. The number of aromatic nitrogens is 2. The van der Waals surface area contributed by atoms with Gasteiger partial charge in [0.1, 0.15) is 0 Å². The number of aryl methyl sites for hydroxylation is 1. The second-order valence-corrected chi connectivity index (χ2v) is 8.55. The molecule has 0 bridgehead atoms. The third-order valence-corrected chi connectivity index (χ3v) is 6.59. The monoisotopic (exact) mass is 423 g/mol. The van der Waals surface area contributed by atoms with E-state index in [2.05, 4.69) is 63.3 Å². The summed E-state index contributed by atoms with van der Waals surface area (Å²) in [5.74, 6) is 2.16.